The number of carbonyl (C=O) groups excluding carboxylic acids is 2. The van der Waals surface area contributed by atoms with E-state index in [4.69, 9.17) is 0 Å². The van der Waals surface area contributed by atoms with Crippen molar-refractivity contribution in [2.75, 3.05) is 26.2 Å². The Morgan fingerprint density at radius 3 is 2.48 bits per heavy atom. The lowest BCUT2D eigenvalue weighted by atomic mass is 9.91. The average Bonchev–Trinajstić information content (AvgIpc) is 3.28. The van der Waals surface area contributed by atoms with Crippen molar-refractivity contribution in [3.8, 4) is 11.1 Å². The van der Waals surface area contributed by atoms with Gasteiger partial charge in [-0.3, -0.25) is 14.3 Å². The zero-order chi connectivity index (χ0) is 23.4. The molecule has 6 heteroatoms. The van der Waals surface area contributed by atoms with Crippen molar-refractivity contribution in [1.82, 2.24) is 19.6 Å². The molecule has 172 valence electrons. The maximum absolute atomic E-state index is 13.4. The maximum atomic E-state index is 13.4. The molecule has 2 amide bonds. The molecule has 2 aromatic carbocycles. The lowest BCUT2D eigenvalue weighted by molar-refractivity contribution is -0.134. The Hall–Kier alpha value is -3.41. The molecule has 33 heavy (non-hydrogen) atoms. The molecular weight excluding hydrogens is 412 g/mol. The third kappa shape index (κ3) is 5.00. The van der Waals surface area contributed by atoms with Crippen molar-refractivity contribution in [3.63, 3.8) is 0 Å². The molecule has 0 spiro atoms. The van der Waals surface area contributed by atoms with E-state index >= 15 is 0 Å². The van der Waals surface area contributed by atoms with Crippen LogP contribution < -0.4 is 0 Å². The van der Waals surface area contributed by atoms with Gasteiger partial charge >= 0.3 is 0 Å². The van der Waals surface area contributed by atoms with Crippen LogP contribution in [-0.4, -0.2) is 57.6 Å². The molecule has 0 N–H and O–H groups in total. The molecule has 1 fully saturated rings. The Labute approximate surface area is 195 Å². The number of likely N-dealkylation sites (N-methyl/N-ethyl adjacent to an activating group) is 1. The fourth-order valence-electron chi connectivity index (χ4n) is 4.47. The van der Waals surface area contributed by atoms with E-state index in [1.807, 2.05) is 60.9 Å². The summed E-state index contributed by atoms with van der Waals surface area (Å²) in [5.41, 5.74) is 3.97. The van der Waals surface area contributed by atoms with Crippen LogP contribution in [0.3, 0.4) is 0 Å². The summed E-state index contributed by atoms with van der Waals surface area (Å²) in [5, 5.41) is 4.32. The van der Waals surface area contributed by atoms with Gasteiger partial charge in [-0.1, -0.05) is 54.6 Å². The first-order valence-electron chi connectivity index (χ1n) is 11.7. The number of carbonyl (C=O) groups is 2. The van der Waals surface area contributed by atoms with Gasteiger partial charge in [-0.2, -0.15) is 5.10 Å². The highest BCUT2D eigenvalue weighted by Gasteiger charge is 2.33. The molecule has 1 aliphatic heterocycles. The van der Waals surface area contributed by atoms with E-state index in [9.17, 15) is 9.59 Å². The van der Waals surface area contributed by atoms with E-state index in [1.54, 1.807) is 17.1 Å². The van der Waals surface area contributed by atoms with Crippen LogP contribution in [-0.2, 0) is 11.2 Å². The second-order valence-electron chi connectivity index (χ2n) is 8.90. The molecule has 2 heterocycles. The van der Waals surface area contributed by atoms with Crippen LogP contribution in [0.25, 0.3) is 11.1 Å². The number of benzene rings is 2. The molecule has 6 nitrogen and oxygen atoms in total. The minimum Gasteiger partial charge on any atom is -0.341 e. The lowest BCUT2D eigenvalue weighted by Crippen LogP contribution is -2.38. The van der Waals surface area contributed by atoms with E-state index in [-0.39, 0.29) is 23.8 Å². The van der Waals surface area contributed by atoms with Gasteiger partial charge in [-0.05, 0) is 43.9 Å². The first-order valence-corrected chi connectivity index (χ1v) is 11.7. The monoisotopic (exact) mass is 444 g/mol. The van der Waals surface area contributed by atoms with Gasteiger partial charge in [0, 0.05) is 38.4 Å². The normalized spacial score (nSPS) is 16.8. The van der Waals surface area contributed by atoms with Crippen molar-refractivity contribution in [1.29, 1.82) is 0 Å². The third-order valence-corrected chi connectivity index (χ3v) is 6.36. The van der Waals surface area contributed by atoms with Crippen molar-refractivity contribution in [3.05, 3.63) is 78.1 Å². The summed E-state index contributed by atoms with van der Waals surface area (Å²) in [6.07, 6.45) is 4.03. The molecule has 0 saturated carbocycles. The highest BCUT2D eigenvalue weighted by atomic mass is 16.2. The summed E-state index contributed by atoms with van der Waals surface area (Å²) in [6.45, 7) is 8.19. The van der Waals surface area contributed by atoms with E-state index in [0.717, 1.165) is 16.7 Å². The highest BCUT2D eigenvalue weighted by molar-refractivity contribution is 5.94. The van der Waals surface area contributed by atoms with Crippen LogP contribution in [0.15, 0.2) is 67.0 Å². The molecule has 0 aliphatic carbocycles. The quantitative estimate of drug-likeness (QED) is 0.570. The van der Waals surface area contributed by atoms with Crippen LogP contribution in [0.2, 0.25) is 0 Å². The van der Waals surface area contributed by atoms with Gasteiger partial charge in [-0.15, -0.1) is 0 Å². The Morgan fingerprint density at radius 1 is 1.06 bits per heavy atom. The van der Waals surface area contributed by atoms with Crippen LogP contribution in [0.1, 0.15) is 42.7 Å². The molecular formula is C27H32N4O2. The van der Waals surface area contributed by atoms with Crippen molar-refractivity contribution >= 4 is 11.8 Å². The highest BCUT2D eigenvalue weighted by Crippen LogP contribution is 2.27. The van der Waals surface area contributed by atoms with E-state index < -0.39 is 0 Å². The summed E-state index contributed by atoms with van der Waals surface area (Å²) < 4.78 is 1.79. The molecule has 4 rings (SSSR count). The number of aromatic nitrogens is 2. The third-order valence-electron chi connectivity index (χ3n) is 6.36. The second kappa shape index (κ2) is 10.0. The Kier molecular flexibility index (Phi) is 6.92. The largest absolute Gasteiger partial charge is 0.341 e. The topological polar surface area (TPSA) is 58.4 Å². The Balaban J connectivity index is 1.61. The van der Waals surface area contributed by atoms with Gasteiger partial charge in [0.1, 0.15) is 0 Å². The second-order valence-corrected chi connectivity index (χ2v) is 8.90. The number of amides is 2. The number of rotatable bonds is 6. The molecule has 1 atom stereocenters. The van der Waals surface area contributed by atoms with Crippen molar-refractivity contribution in [2.45, 2.75) is 33.2 Å². The number of nitrogens with zero attached hydrogens (tertiary/aromatic N) is 4. The Morgan fingerprint density at radius 2 is 1.79 bits per heavy atom. The zero-order valence-electron chi connectivity index (χ0n) is 19.6. The van der Waals surface area contributed by atoms with Gasteiger partial charge < -0.3 is 9.80 Å². The van der Waals surface area contributed by atoms with E-state index in [2.05, 4.69) is 29.4 Å². The van der Waals surface area contributed by atoms with E-state index in [1.165, 1.54) is 0 Å². The SMILES string of the molecule is CCN1CCN(C(=O)c2cnn(C(C)C)c2)CC(Cc2ccccc2-c2ccccc2)C1=O. The minimum absolute atomic E-state index is 0.0611. The molecule has 1 unspecified atom stereocenters. The first-order chi connectivity index (χ1) is 16.0. The summed E-state index contributed by atoms with van der Waals surface area (Å²) in [6, 6.07) is 18.7. The molecule has 1 saturated heterocycles. The summed E-state index contributed by atoms with van der Waals surface area (Å²) in [7, 11) is 0. The minimum atomic E-state index is -0.290. The van der Waals surface area contributed by atoms with Gasteiger partial charge in [0.05, 0.1) is 17.7 Å². The van der Waals surface area contributed by atoms with Crippen LogP contribution in [0, 0.1) is 5.92 Å². The van der Waals surface area contributed by atoms with Crippen LogP contribution in [0.5, 0.6) is 0 Å². The van der Waals surface area contributed by atoms with Crippen molar-refractivity contribution < 1.29 is 9.59 Å². The Bertz CT molecular complexity index is 1110. The smallest absolute Gasteiger partial charge is 0.257 e. The first kappa shape index (κ1) is 22.8. The molecule has 3 aromatic rings. The van der Waals surface area contributed by atoms with Gasteiger partial charge in [0.25, 0.3) is 5.91 Å². The molecule has 0 bridgehead atoms. The summed E-state index contributed by atoms with van der Waals surface area (Å²) >= 11 is 0. The summed E-state index contributed by atoms with van der Waals surface area (Å²) in [5.74, 6) is -0.232. The molecule has 0 radical (unpaired) electrons. The summed E-state index contributed by atoms with van der Waals surface area (Å²) in [4.78, 5) is 30.4. The van der Waals surface area contributed by atoms with Gasteiger partial charge in [-0.25, -0.2) is 0 Å². The number of hydrogen-bond donors (Lipinski definition) is 0. The van der Waals surface area contributed by atoms with Gasteiger partial charge in [0.2, 0.25) is 5.91 Å². The predicted octanol–water partition coefficient (Wildman–Crippen LogP) is 4.29. The molecule has 1 aliphatic rings. The fraction of sp³-hybridized carbons (Fsp3) is 0.370. The fourth-order valence-corrected chi connectivity index (χ4v) is 4.47. The van der Waals surface area contributed by atoms with E-state index in [0.29, 0.717) is 38.2 Å². The standard InChI is InChI=1S/C27H32N4O2/c1-4-29-14-15-30(27(33)24-17-28-31(19-24)20(2)3)18-23(26(29)32)16-22-12-8-9-13-25(22)21-10-6-5-7-11-21/h5-13,17,19-20,23H,4,14-16,18H2,1-3H3. The van der Waals surface area contributed by atoms with Crippen LogP contribution >= 0.6 is 0 Å². The average molecular weight is 445 g/mol. The van der Waals surface area contributed by atoms with Crippen molar-refractivity contribution in [2.24, 2.45) is 5.92 Å². The number of hydrogen-bond acceptors (Lipinski definition) is 3. The maximum Gasteiger partial charge on any atom is 0.257 e. The zero-order valence-corrected chi connectivity index (χ0v) is 19.6. The predicted molar refractivity (Wildman–Crippen MR) is 130 cm³/mol. The van der Waals surface area contributed by atoms with Crippen LogP contribution in [0.4, 0.5) is 0 Å². The van der Waals surface area contributed by atoms with Gasteiger partial charge in [0.15, 0.2) is 0 Å². The molecule has 1 aromatic heterocycles. The lowest BCUT2D eigenvalue weighted by Gasteiger charge is -2.24.